The number of H-pyrrole nitrogens is 1. The summed E-state index contributed by atoms with van der Waals surface area (Å²) in [6.45, 7) is 1.92. The van der Waals surface area contributed by atoms with E-state index in [-0.39, 0.29) is 0 Å². The molecule has 1 aliphatic rings. The van der Waals surface area contributed by atoms with Crippen molar-refractivity contribution >= 4 is 18.1 Å². The first-order chi connectivity index (χ1) is 4.86. The number of aryl methyl sites for hydroxylation is 1. The third-order valence-electron chi connectivity index (χ3n) is 1.38. The Hall–Kier alpha value is -1.38. The van der Waals surface area contributed by atoms with Gasteiger partial charge in [-0.15, -0.1) is 0 Å². The Morgan fingerprint density at radius 2 is 2.50 bits per heavy atom. The smallest absolute Gasteiger partial charge is 0.316 e. The lowest BCUT2D eigenvalue weighted by Crippen LogP contribution is -1.89. The molecule has 0 aliphatic carbocycles. The van der Waals surface area contributed by atoms with E-state index in [0.29, 0.717) is 0 Å². The Bertz CT molecular complexity index is 277. The Morgan fingerprint density at radius 1 is 1.60 bits per heavy atom. The van der Waals surface area contributed by atoms with Gasteiger partial charge in [-0.3, -0.25) is 0 Å². The van der Waals surface area contributed by atoms with Gasteiger partial charge in [0.2, 0.25) is 5.82 Å². The fourth-order valence-electron chi connectivity index (χ4n) is 0.965. The van der Waals surface area contributed by atoms with E-state index in [1.165, 1.54) is 0 Å². The first kappa shape index (κ1) is 5.41. The molecule has 0 saturated heterocycles. The van der Waals surface area contributed by atoms with Gasteiger partial charge in [0.05, 0.1) is 0 Å². The van der Waals surface area contributed by atoms with Gasteiger partial charge in [-0.05, 0) is 22.1 Å². The largest absolute Gasteiger partial charge is 0.389 e. The average molecular weight is 133 g/mol. The quantitative estimate of drug-likeness (QED) is 0.558. The van der Waals surface area contributed by atoms with Crippen molar-refractivity contribution in [2.24, 2.45) is 0 Å². The van der Waals surface area contributed by atoms with E-state index in [0.717, 1.165) is 17.3 Å². The zero-order valence-electron chi connectivity index (χ0n) is 5.63. The van der Waals surface area contributed by atoms with Crippen LogP contribution in [-0.4, -0.2) is 16.2 Å². The van der Waals surface area contributed by atoms with Gasteiger partial charge in [0.1, 0.15) is 11.9 Å². The van der Waals surface area contributed by atoms with E-state index in [2.05, 4.69) is 15.0 Å². The lowest BCUT2D eigenvalue weighted by atomic mass is 10.3. The predicted octanol–water partition coefficient (Wildman–Crippen LogP) is 0.783. The number of aromatic nitrogens is 2. The van der Waals surface area contributed by atoms with E-state index in [1.807, 2.05) is 19.1 Å². The summed E-state index contributed by atoms with van der Waals surface area (Å²) in [5.41, 5.74) is 1.00. The van der Waals surface area contributed by atoms with Crippen molar-refractivity contribution in [1.29, 1.82) is 0 Å². The van der Waals surface area contributed by atoms with Crippen LogP contribution < -0.4 is 4.99 Å². The molecule has 0 spiro atoms. The molecular weight excluding hydrogens is 126 g/mol. The van der Waals surface area contributed by atoms with Gasteiger partial charge in [0, 0.05) is 6.92 Å². The number of hydrogen-bond acceptors (Lipinski definition) is 2. The van der Waals surface area contributed by atoms with Crippen LogP contribution in [0.3, 0.4) is 0 Å². The summed E-state index contributed by atoms with van der Waals surface area (Å²) in [6.07, 6.45) is 5.59. The third kappa shape index (κ3) is 0.673. The van der Waals surface area contributed by atoms with Crippen molar-refractivity contribution in [2.75, 3.05) is 0 Å². The zero-order chi connectivity index (χ0) is 6.97. The summed E-state index contributed by atoms with van der Waals surface area (Å²) in [6, 6.07) is 0. The van der Waals surface area contributed by atoms with Crippen LogP contribution in [0.1, 0.15) is 11.5 Å². The number of aliphatic imine (C=N–C) groups is 1. The molecule has 0 saturated carbocycles. The molecule has 0 bridgehead atoms. The molecule has 1 N–H and O–H groups in total. The molecule has 1 aromatic heterocycles. The minimum atomic E-state index is 0.792. The molecule has 2 rings (SSSR count). The van der Waals surface area contributed by atoms with Crippen molar-refractivity contribution in [3.8, 4) is 0 Å². The fraction of sp³-hybridized carbons (Fsp3) is 0.143. The van der Waals surface area contributed by atoms with Gasteiger partial charge >= 0.3 is 5.82 Å². The van der Waals surface area contributed by atoms with Crippen LogP contribution in [0.5, 0.6) is 0 Å². The van der Waals surface area contributed by atoms with Crippen LogP contribution in [0.25, 0.3) is 6.08 Å². The molecule has 49 valence electrons. The van der Waals surface area contributed by atoms with Crippen molar-refractivity contribution in [1.82, 2.24) is 15.0 Å². The van der Waals surface area contributed by atoms with Gasteiger partial charge in [-0.25, -0.2) is 0 Å². The van der Waals surface area contributed by atoms with Gasteiger partial charge in [0.25, 0.3) is 0 Å². The summed E-state index contributed by atoms with van der Waals surface area (Å²) < 4.78 is 0. The van der Waals surface area contributed by atoms with E-state index in [1.54, 1.807) is 6.21 Å². The van der Waals surface area contributed by atoms with E-state index < -0.39 is 0 Å². The molecule has 1 aromatic rings. The molecule has 0 unspecified atom stereocenters. The monoisotopic (exact) mass is 133 g/mol. The molecule has 2 heterocycles. The number of hydrogen-bond donors (Lipinski definition) is 1. The molecular formula is C7H7N3+. The van der Waals surface area contributed by atoms with E-state index in [9.17, 15) is 0 Å². The maximum Gasteiger partial charge on any atom is 0.389 e. The third-order valence-corrected chi connectivity index (χ3v) is 1.38. The molecule has 0 amide bonds. The van der Waals surface area contributed by atoms with Crippen molar-refractivity contribution in [3.05, 3.63) is 17.6 Å². The van der Waals surface area contributed by atoms with Crippen molar-refractivity contribution in [3.63, 3.8) is 0 Å². The maximum absolute atomic E-state index is 4.15. The highest BCUT2D eigenvalue weighted by Gasteiger charge is 2.16. The normalized spacial score (nSPS) is 13.7. The molecule has 10 heavy (non-hydrogen) atoms. The minimum Gasteiger partial charge on any atom is -0.316 e. The Labute approximate surface area is 58.5 Å². The van der Waals surface area contributed by atoms with Crippen LogP contribution in [0, 0.1) is 6.92 Å². The standard InChI is InChI=1S/C7H7N3/c1-5-9-6-3-2-4-8-7(6)10-5/h2-4H,1H3,(H,9,10)/q+1. The summed E-state index contributed by atoms with van der Waals surface area (Å²) in [5.74, 6) is 1.70. The Morgan fingerprint density at radius 3 is 3.30 bits per heavy atom. The summed E-state index contributed by atoms with van der Waals surface area (Å²) >= 11 is 0. The van der Waals surface area contributed by atoms with Crippen LogP contribution in [-0.2, 0) is 0 Å². The number of imidazole rings is 1. The molecule has 0 atom stereocenters. The molecule has 1 aliphatic heterocycles. The topological polar surface area (TPSA) is 42.8 Å². The highest BCUT2D eigenvalue weighted by Crippen LogP contribution is 2.13. The highest BCUT2D eigenvalue weighted by atomic mass is 15.0. The second kappa shape index (κ2) is 1.80. The van der Waals surface area contributed by atoms with Crippen molar-refractivity contribution in [2.45, 2.75) is 6.92 Å². The first-order valence-electron chi connectivity index (χ1n) is 3.13. The van der Waals surface area contributed by atoms with Gasteiger partial charge < -0.3 is 4.98 Å². The van der Waals surface area contributed by atoms with Crippen LogP contribution >= 0.6 is 0 Å². The predicted molar refractivity (Wildman–Crippen MR) is 40.2 cm³/mol. The molecule has 3 nitrogen and oxygen atoms in total. The summed E-state index contributed by atoms with van der Waals surface area (Å²) in [7, 11) is 0. The molecule has 0 aromatic carbocycles. The second-order valence-electron chi connectivity index (χ2n) is 2.20. The van der Waals surface area contributed by atoms with Crippen LogP contribution in [0.15, 0.2) is 6.08 Å². The summed E-state index contributed by atoms with van der Waals surface area (Å²) in [4.78, 5) is 11.3. The van der Waals surface area contributed by atoms with E-state index >= 15 is 0 Å². The lowest BCUT2D eigenvalue weighted by Gasteiger charge is -1.82. The number of nitrogens with zero attached hydrogens (tertiary/aromatic N) is 2. The van der Waals surface area contributed by atoms with E-state index in [4.69, 9.17) is 0 Å². The molecule has 0 fully saturated rings. The number of allylic oxidation sites excluding steroid dienone is 1. The Kier molecular flexibility index (Phi) is 0.974. The zero-order valence-corrected chi connectivity index (χ0v) is 5.63. The minimum absolute atomic E-state index is 0.792. The average Bonchev–Trinajstić information content (AvgIpc) is 2.27. The lowest BCUT2D eigenvalue weighted by molar-refractivity contribution is 1.14. The number of aromatic amines is 1. The van der Waals surface area contributed by atoms with Crippen LogP contribution in [0.4, 0.5) is 5.82 Å². The van der Waals surface area contributed by atoms with Gasteiger partial charge in [-0.1, -0.05) is 0 Å². The SMILES string of the molecule is Cc1nc2c([nH]1)C=CC=[N+]2. The Balaban J connectivity index is 2.64. The number of rotatable bonds is 0. The van der Waals surface area contributed by atoms with Crippen molar-refractivity contribution < 1.29 is 0 Å². The fourth-order valence-corrected chi connectivity index (χ4v) is 0.965. The highest BCUT2D eigenvalue weighted by molar-refractivity contribution is 5.83. The number of fused-ring (bicyclic) bond motifs is 1. The molecule has 1 radical (unpaired) electrons. The first-order valence-corrected chi connectivity index (χ1v) is 3.13. The maximum atomic E-state index is 4.15. The van der Waals surface area contributed by atoms with Crippen LogP contribution in [0.2, 0.25) is 0 Å². The van der Waals surface area contributed by atoms with Gasteiger partial charge in [0.15, 0.2) is 0 Å². The second-order valence-corrected chi connectivity index (χ2v) is 2.20. The summed E-state index contributed by atoms with van der Waals surface area (Å²) in [5, 5.41) is 0. The molecule has 3 heteroatoms. The van der Waals surface area contributed by atoms with Gasteiger partial charge in [-0.2, -0.15) is 0 Å². The number of nitrogens with one attached hydrogen (secondary N) is 1.